The minimum atomic E-state index is -0.414. The molecule has 1 amide bonds. The SMILES string of the molecule is COCC(NC1C2CN(C(=O)OC(C)(C)C)CC21)C(C)C. The molecule has 2 aliphatic rings. The Labute approximate surface area is 128 Å². The third kappa shape index (κ3) is 4.10. The van der Waals surface area contributed by atoms with Crippen molar-refractivity contribution in [2.24, 2.45) is 17.8 Å². The second-order valence-electron chi connectivity index (χ2n) is 7.71. The molecular formula is C16H30N2O3. The van der Waals surface area contributed by atoms with Gasteiger partial charge in [0.1, 0.15) is 5.60 Å². The van der Waals surface area contributed by atoms with Gasteiger partial charge in [-0.15, -0.1) is 0 Å². The van der Waals surface area contributed by atoms with Crippen molar-refractivity contribution in [2.75, 3.05) is 26.8 Å². The molecule has 1 heterocycles. The smallest absolute Gasteiger partial charge is 0.410 e. The van der Waals surface area contributed by atoms with Crippen LogP contribution >= 0.6 is 0 Å². The summed E-state index contributed by atoms with van der Waals surface area (Å²) in [5.41, 5.74) is -0.414. The van der Waals surface area contributed by atoms with Gasteiger partial charge < -0.3 is 19.7 Å². The van der Waals surface area contributed by atoms with Gasteiger partial charge in [-0.05, 0) is 38.5 Å². The van der Waals surface area contributed by atoms with E-state index in [2.05, 4.69) is 19.2 Å². The van der Waals surface area contributed by atoms with Gasteiger partial charge in [-0.2, -0.15) is 0 Å². The van der Waals surface area contributed by atoms with E-state index in [0.717, 1.165) is 19.7 Å². The Balaban J connectivity index is 1.78. The highest BCUT2D eigenvalue weighted by Crippen LogP contribution is 2.46. The normalized spacial score (nSPS) is 29.5. The molecule has 3 atom stereocenters. The average molecular weight is 298 g/mol. The molecule has 0 spiro atoms. The standard InChI is InChI=1S/C16H30N2O3/c1-10(2)13(9-20-6)17-14-11-7-18(8-12(11)14)15(19)21-16(3,4)5/h10-14,17H,7-9H2,1-6H3. The molecule has 122 valence electrons. The number of rotatable bonds is 5. The van der Waals surface area contributed by atoms with Crippen LogP contribution in [-0.2, 0) is 9.47 Å². The van der Waals surface area contributed by atoms with Crippen molar-refractivity contribution >= 4 is 6.09 Å². The number of piperidine rings is 1. The molecule has 21 heavy (non-hydrogen) atoms. The fourth-order valence-electron chi connectivity index (χ4n) is 3.11. The van der Waals surface area contributed by atoms with Gasteiger partial charge >= 0.3 is 6.09 Å². The van der Waals surface area contributed by atoms with Gasteiger partial charge in [0.2, 0.25) is 0 Å². The summed E-state index contributed by atoms with van der Waals surface area (Å²) >= 11 is 0. The second kappa shape index (κ2) is 6.13. The maximum atomic E-state index is 12.0. The van der Waals surface area contributed by atoms with Crippen LogP contribution < -0.4 is 5.32 Å². The third-order valence-electron chi connectivity index (χ3n) is 4.40. The Morgan fingerprint density at radius 1 is 1.29 bits per heavy atom. The first kappa shape index (κ1) is 16.6. The van der Waals surface area contributed by atoms with E-state index in [-0.39, 0.29) is 6.09 Å². The summed E-state index contributed by atoms with van der Waals surface area (Å²) in [6.45, 7) is 12.5. The summed E-state index contributed by atoms with van der Waals surface area (Å²) < 4.78 is 10.7. The zero-order valence-corrected chi connectivity index (χ0v) is 14.2. The van der Waals surface area contributed by atoms with Gasteiger partial charge in [0.05, 0.1) is 6.61 Å². The molecule has 5 nitrogen and oxygen atoms in total. The number of likely N-dealkylation sites (tertiary alicyclic amines) is 1. The lowest BCUT2D eigenvalue weighted by Gasteiger charge is -2.27. The summed E-state index contributed by atoms with van der Waals surface area (Å²) in [7, 11) is 1.75. The minimum absolute atomic E-state index is 0.175. The molecule has 0 aromatic carbocycles. The highest BCUT2D eigenvalue weighted by Gasteiger charge is 2.57. The number of nitrogens with zero attached hydrogens (tertiary/aromatic N) is 1. The van der Waals surface area contributed by atoms with Crippen LogP contribution in [0.5, 0.6) is 0 Å². The van der Waals surface area contributed by atoms with E-state index in [0.29, 0.717) is 29.8 Å². The van der Waals surface area contributed by atoms with Crippen LogP contribution in [0.1, 0.15) is 34.6 Å². The quantitative estimate of drug-likeness (QED) is 0.844. The first-order valence-electron chi connectivity index (χ1n) is 7.96. The Morgan fingerprint density at radius 2 is 1.86 bits per heavy atom. The minimum Gasteiger partial charge on any atom is -0.444 e. The van der Waals surface area contributed by atoms with E-state index >= 15 is 0 Å². The molecule has 1 aliphatic carbocycles. The number of amides is 1. The molecule has 2 rings (SSSR count). The largest absolute Gasteiger partial charge is 0.444 e. The summed E-state index contributed by atoms with van der Waals surface area (Å²) in [6, 6.07) is 0.923. The molecule has 1 N–H and O–H groups in total. The zero-order chi connectivity index (χ0) is 15.8. The van der Waals surface area contributed by atoms with Crippen molar-refractivity contribution in [1.82, 2.24) is 10.2 Å². The van der Waals surface area contributed by atoms with Gasteiger partial charge in [0.15, 0.2) is 0 Å². The van der Waals surface area contributed by atoms with Gasteiger partial charge in [-0.1, -0.05) is 13.8 Å². The van der Waals surface area contributed by atoms with Gasteiger partial charge in [-0.3, -0.25) is 0 Å². The van der Waals surface area contributed by atoms with Gasteiger partial charge in [-0.25, -0.2) is 4.79 Å². The van der Waals surface area contributed by atoms with Crippen molar-refractivity contribution in [3.63, 3.8) is 0 Å². The van der Waals surface area contributed by atoms with E-state index in [1.165, 1.54) is 0 Å². The molecule has 1 aliphatic heterocycles. The highest BCUT2D eigenvalue weighted by atomic mass is 16.6. The number of hydrogen-bond acceptors (Lipinski definition) is 4. The number of nitrogens with one attached hydrogen (secondary N) is 1. The van der Waals surface area contributed by atoms with Crippen LogP contribution in [0.4, 0.5) is 4.79 Å². The summed E-state index contributed by atoms with van der Waals surface area (Å²) in [4.78, 5) is 13.9. The topological polar surface area (TPSA) is 50.8 Å². The first-order chi connectivity index (χ1) is 9.73. The van der Waals surface area contributed by atoms with E-state index < -0.39 is 5.60 Å². The van der Waals surface area contributed by atoms with Crippen molar-refractivity contribution in [3.05, 3.63) is 0 Å². The van der Waals surface area contributed by atoms with Crippen LogP contribution in [-0.4, -0.2) is 55.5 Å². The lowest BCUT2D eigenvalue weighted by molar-refractivity contribution is 0.0266. The predicted octanol–water partition coefficient (Wildman–Crippen LogP) is 2.11. The molecule has 0 aromatic rings. The van der Waals surface area contributed by atoms with Crippen LogP contribution in [0.15, 0.2) is 0 Å². The average Bonchev–Trinajstić information content (AvgIpc) is 2.81. The molecule has 5 heteroatoms. The van der Waals surface area contributed by atoms with Crippen LogP contribution in [0, 0.1) is 17.8 Å². The number of carbonyl (C=O) groups is 1. The summed E-state index contributed by atoms with van der Waals surface area (Å²) in [5, 5.41) is 3.70. The lowest BCUT2D eigenvalue weighted by Crippen LogP contribution is -2.44. The van der Waals surface area contributed by atoms with Gasteiger partial charge in [0, 0.05) is 32.3 Å². The first-order valence-corrected chi connectivity index (χ1v) is 7.96. The fourth-order valence-corrected chi connectivity index (χ4v) is 3.11. The molecule has 1 saturated heterocycles. The van der Waals surface area contributed by atoms with E-state index in [1.807, 2.05) is 25.7 Å². The molecule has 1 saturated carbocycles. The Bertz CT molecular complexity index is 366. The van der Waals surface area contributed by atoms with E-state index in [1.54, 1.807) is 7.11 Å². The summed E-state index contributed by atoms with van der Waals surface area (Å²) in [6.07, 6.45) is -0.175. The maximum Gasteiger partial charge on any atom is 0.410 e. The third-order valence-corrected chi connectivity index (χ3v) is 4.40. The van der Waals surface area contributed by atoms with Crippen molar-refractivity contribution < 1.29 is 14.3 Å². The fraction of sp³-hybridized carbons (Fsp3) is 0.938. The molecule has 0 radical (unpaired) electrons. The number of fused-ring (bicyclic) bond motifs is 1. The molecule has 2 fully saturated rings. The number of carbonyl (C=O) groups excluding carboxylic acids is 1. The number of hydrogen-bond donors (Lipinski definition) is 1. The van der Waals surface area contributed by atoms with Crippen molar-refractivity contribution in [1.29, 1.82) is 0 Å². The molecular weight excluding hydrogens is 268 g/mol. The van der Waals surface area contributed by atoms with Crippen LogP contribution in [0.3, 0.4) is 0 Å². The van der Waals surface area contributed by atoms with Gasteiger partial charge in [0.25, 0.3) is 0 Å². The maximum absolute atomic E-state index is 12.0. The Hall–Kier alpha value is -0.810. The van der Waals surface area contributed by atoms with E-state index in [4.69, 9.17) is 9.47 Å². The van der Waals surface area contributed by atoms with Crippen LogP contribution in [0.2, 0.25) is 0 Å². The monoisotopic (exact) mass is 298 g/mol. The molecule has 0 aromatic heterocycles. The second-order valence-corrected chi connectivity index (χ2v) is 7.71. The van der Waals surface area contributed by atoms with Crippen molar-refractivity contribution in [2.45, 2.75) is 52.3 Å². The number of ether oxygens (including phenoxy) is 2. The Morgan fingerprint density at radius 3 is 2.29 bits per heavy atom. The molecule has 0 bridgehead atoms. The highest BCUT2D eigenvalue weighted by molar-refractivity contribution is 5.69. The zero-order valence-electron chi connectivity index (χ0n) is 14.2. The molecule has 3 unspecified atom stereocenters. The van der Waals surface area contributed by atoms with E-state index in [9.17, 15) is 4.79 Å². The lowest BCUT2D eigenvalue weighted by atomic mass is 10.1. The predicted molar refractivity (Wildman–Crippen MR) is 82.2 cm³/mol. The number of methoxy groups -OCH3 is 1. The summed E-state index contributed by atoms with van der Waals surface area (Å²) in [5.74, 6) is 1.71. The Kier molecular flexibility index (Phi) is 4.83. The van der Waals surface area contributed by atoms with Crippen molar-refractivity contribution in [3.8, 4) is 0 Å². The van der Waals surface area contributed by atoms with Crippen LogP contribution in [0.25, 0.3) is 0 Å².